The Morgan fingerprint density at radius 3 is 2.63 bits per heavy atom. The van der Waals surface area contributed by atoms with Crippen molar-refractivity contribution in [1.82, 2.24) is 14.9 Å². The number of hydrogen-bond donors (Lipinski definition) is 2. The predicted octanol–water partition coefficient (Wildman–Crippen LogP) is 2.75. The first-order valence-corrected chi connectivity index (χ1v) is 9.15. The molecule has 2 rings (SSSR count). The van der Waals surface area contributed by atoms with E-state index in [2.05, 4.69) is 10.3 Å². The summed E-state index contributed by atoms with van der Waals surface area (Å²) in [6.07, 6.45) is -3.89. The van der Waals surface area contributed by atoms with Crippen molar-refractivity contribution in [3.63, 3.8) is 0 Å². The van der Waals surface area contributed by atoms with Crippen LogP contribution in [0, 0.1) is 5.82 Å². The Bertz CT molecular complexity index is 782. The maximum Gasteiger partial charge on any atom is 0.425 e. The van der Waals surface area contributed by atoms with Crippen LogP contribution in [0.3, 0.4) is 0 Å². The third-order valence-electron chi connectivity index (χ3n) is 3.86. The van der Waals surface area contributed by atoms with Crippen LogP contribution in [0.15, 0.2) is 36.7 Å². The van der Waals surface area contributed by atoms with Crippen LogP contribution in [0.4, 0.5) is 17.6 Å². The maximum absolute atomic E-state index is 13.5. The highest BCUT2D eigenvalue weighted by molar-refractivity contribution is 7.98. The van der Waals surface area contributed by atoms with Crippen LogP contribution in [0.25, 0.3) is 0 Å². The summed E-state index contributed by atoms with van der Waals surface area (Å²) >= 11 is 1.33. The van der Waals surface area contributed by atoms with E-state index >= 15 is 0 Å². The van der Waals surface area contributed by atoms with E-state index in [1.165, 1.54) is 31.1 Å². The molecule has 0 aliphatic rings. The Morgan fingerprint density at radius 1 is 1.33 bits per heavy atom. The number of rotatable bonds is 8. The van der Waals surface area contributed by atoms with Gasteiger partial charge in [-0.05, 0) is 11.6 Å². The molecule has 5 nitrogen and oxygen atoms in total. The zero-order chi connectivity index (χ0) is 20.1. The summed E-state index contributed by atoms with van der Waals surface area (Å²) < 4.78 is 54.5. The number of carbonyl (C=O) groups is 1. The fraction of sp³-hybridized carbons (Fsp3) is 0.412. The molecule has 1 atom stereocenters. The molecule has 0 saturated heterocycles. The van der Waals surface area contributed by atoms with Crippen molar-refractivity contribution < 1.29 is 27.5 Å². The van der Waals surface area contributed by atoms with E-state index in [0.717, 1.165) is 10.8 Å². The number of thioether (sulfide) groups is 1. The van der Waals surface area contributed by atoms with Crippen LogP contribution >= 0.6 is 11.8 Å². The highest BCUT2D eigenvalue weighted by Crippen LogP contribution is 2.40. The van der Waals surface area contributed by atoms with E-state index < -0.39 is 29.9 Å². The lowest BCUT2D eigenvalue weighted by Crippen LogP contribution is -2.48. The molecule has 0 saturated carbocycles. The van der Waals surface area contributed by atoms with Crippen LogP contribution in [0.5, 0.6) is 0 Å². The number of carbonyl (C=O) groups excluding carboxylic acids is 1. The monoisotopic (exact) mass is 405 g/mol. The SMILES string of the molecule is Cn1ccnc1C(O)(CC(=O)NCCSCc1ccccc1F)C(F)(F)F. The first-order valence-electron chi connectivity index (χ1n) is 8.00. The summed E-state index contributed by atoms with van der Waals surface area (Å²) in [5, 5.41) is 12.5. The summed E-state index contributed by atoms with van der Waals surface area (Å²) in [7, 11) is 1.30. The summed E-state index contributed by atoms with van der Waals surface area (Å²) in [6.45, 7) is 0.0897. The number of nitrogens with one attached hydrogen (secondary N) is 1. The van der Waals surface area contributed by atoms with Crippen molar-refractivity contribution in [1.29, 1.82) is 0 Å². The van der Waals surface area contributed by atoms with Crippen molar-refractivity contribution in [2.75, 3.05) is 12.3 Å². The first-order chi connectivity index (χ1) is 12.6. The number of alkyl halides is 3. The second kappa shape index (κ2) is 8.75. The van der Waals surface area contributed by atoms with Crippen molar-refractivity contribution >= 4 is 17.7 Å². The number of aliphatic hydroxyl groups is 1. The van der Waals surface area contributed by atoms with Gasteiger partial charge < -0.3 is 15.0 Å². The van der Waals surface area contributed by atoms with Gasteiger partial charge in [-0.3, -0.25) is 4.79 Å². The summed E-state index contributed by atoms with van der Waals surface area (Å²) in [5.41, 5.74) is -2.87. The molecule has 1 amide bonds. The lowest BCUT2D eigenvalue weighted by atomic mass is 9.97. The zero-order valence-electron chi connectivity index (χ0n) is 14.5. The lowest BCUT2D eigenvalue weighted by Gasteiger charge is -2.29. The molecule has 0 aliphatic heterocycles. The molecule has 1 unspecified atom stereocenters. The highest BCUT2D eigenvalue weighted by atomic mass is 32.2. The number of benzene rings is 1. The number of aromatic nitrogens is 2. The van der Waals surface area contributed by atoms with Crippen LogP contribution < -0.4 is 5.32 Å². The van der Waals surface area contributed by atoms with E-state index in [4.69, 9.17) is 0 Å². The van der Waals surface area contributed by atoms with E-state index in [0.29, 0.717) is 17.1 Å². The van der Waals surface area contributed by atoms with Gasteiger partial charge in [-0.2, -0.15) is 24.9 Å². The van der Waals surface area contributed by atoms with Crippen LogP contribution in [0.2, 0.25) is 0 Å². The molecule has 0 fully saturated rings. The molecule has 2 aromatic rings. The molecular weight excluding hydrogens is 386 g/mol. The fourth-order valence-corrected chi connectivity index (χ4v) is 3.27. The van der Waals surface area contributed by atoms with Crippen molar-refractivity contribution in [3.05, 3.63) is 53.9 Å². The molecule has 1 aromatic heterocycles. The first kappa shape index (κ1) is 21.2. The van der Waals surface area contributed by atoms with Gasteiger partial charge in [0.25, 0.3) is 0 Å². The van der Waals surface area contributed by atoms with Gasteiger partial charge in [0.1, 0.15) is 5.82 Å². The smallest absolute Gasteiger partial charge is 0.374 e. The van der Waals surface area contributed by atoms with Gasteiger partial charge in [-0.15, -0.1) is 0 Å². The minimum Gasteiger partial charge on any atom is -0.374 e. The number of amides is 1. The molecule has 0 bridgehead atoms. The third-order valence-corrected chi connectivity index (χ3v) is 4.87. The molecule has 1 aromatic carbocycles. The standard InChI is InChI=1S/C17H19F4N3O2S/c1-24-8-6-23-15(24)16(26,17(19,20)21)10-14(25)22-7-9-27-11-12-4-2-3-5-13(12)18/h2-6,8,26H,7,9-11H2,1H3,(H,22,25). The Balaban J connectivity index is 1.86. The Labute approximate surface area is 157 Å². The van der Waals surface area contributed by atoms with Crippen molar-refractivity contribution in [2.24, 2.45) is 7.05 Å². The number of aryl methyl sites for hydroxylation is 1. The lowest BCUT2D eigenvalue weighted by molar-refractivity contribution is -0.271. The molecule has 1 heterocycles. The molecule has 0 aliphatic carbocycles. The summed E-state index contributed by atoms with van der Waals surface area (Å²) in [4.78, 5) is 15.5. The average molecular weight is 405 g/mol. The highest BCUT2D eigenvalue weighted by Gasteiger charge is 2.58. The predicted molar refractivity (Wildman–Crippen MR) is 93.3 cm³/mol. The van der Waals surface area contributed by atoms with E-state index in [-0.39, 0.29) is 12.4 Å². The quantitative estimate of drug-likeness (QED) is 0.524. The molecule has 10 heteroatoms. The summed E-state index contributed by atoms with van der Waals surface area (Å²) in [6, 6.07) is 6.26. The molecule has 0 radical (unpaired) electrons. The largest absolute Gasteiger partial charge is 0.425 e. The number of halogens is 4. The molecular formula is C17H19F4N3O2S. The number of imidazole rings is 1. The van der Waals surface area contributed by atoms with Crippen molar-refractivity contribution in [2.45, 2.75) is 24.0 Å². The van der Waals surface area contributed by atoms with Gasteiger partial charge in [0.15, 0.2) is 5.82 Å². The third kappa shape index (κ3) is 5.23. The van der Waals surface area contributed by atoms with Gasteiger partial charge >= 0.3 is 6.18 Å². The molecule has 0 spiro atoms. The minimum atomic E-state index is -5.07. The Hall–Kier alpha value is -2.07. The topological polar surface area (TPSA) is 67.1 Å². The number of hydrogen-bond acceptors (Lipinski definition) is 4. The van der Waals surface area contributed by atoms with E-state index in [1.54, 1.807) is 18.2 Å². The van der Waals surface area contributed by atoms with Gasteiger partial charge in [0, 0.05) is 37.5 Å². The average Bonchev–Trinajstić information content (AvgIpc) is 3.01. The van der Waals surface area contributed by atoms with E-state index in [9.17, 15) is 27.5 Å². The minimum absolute atomic E-state index is 0.0897. The Morgan fingerprint density at radius 2 is 2.04 bits per heavy atom. The fourth-order valence-electron chi connectivity index (χ4n) is 2.43. The van der Waals surface area contributed by atoms with Gasteiger partial charge in [-0.25, -0.2) is 9.37 Å². The summed E-state index contributed by atoms with van der Waals surface area (Å²) in [5.74, 6) is -1.18. The van der Waals surface area contributed by atoms with Crippen LogP contribution in [-0.4, -0.2) is 39.0 Å². The van der Waals surface area contributed by atoms with Crippen LogP contribution in [-0.2, 0) is 23.2 Å². The van der Waals surface area contributed by atoms with Gasteiger partial charge in [-0.1, -0.05) is 18.2 Å². The molecule has 148 valence electrons. The number of nitrogens with zero attached hydrogens (tertiary/aromatic N) is 2. The molecule has 2 N–H and O–H groups in total. The molecule has 27 heavy (non-hydrogen) atoms. The second-order valence-corrected chi connectivity index (χ2v) is 7.00. The van der Waals surface area contributed by atoms with Gasteiger partial charge in [0.05, 0.1) is 6.42 Å². The van der Waals surface area contributed by atoms with E-state index in [1.807, 2.05) is 0 Å². The normalized spacial score (nSPS) is 14.0. The van der Waals surface area contributed by atoms with Crippen molar-refractivity contribution in [3.8, 4) is 0 Å². The Kier molecular flexibility index (Phi) is 6.88. The maximum atomic E-state index is 13.5. The van der Waals surface area contributed by atoms with Crippen LogP contribution in [0.1, 0.15) is 17.8 Å². The zero-order valence-corrected chi connectivity index (χ0v) is 15.3. The second-order valence-electron chi connectivity index (χ2n) is 5.89. The van der Waals surface area contributed by atoms with Gasteiger partial charge in [0.2, 0.25) is 11.5 Å².